The van der Waals surface area contributed by atoms with Gasteiger partial charge in [-0.2, -0.15) is 0 Å². The van der Waals surface area contributed by atoms with Gasteiger partial charge in [-0.25, -0.2) is 0 Å². The van der Waals surface area contributed by atoms with E-state index < -0.39 is 0 Å². The summed E-state index contributed by atoms with van der Waals surface area (Å²) in [4.78, 5) is 1.94. The van der Waals surface area contributed by atoms with Crippen LogP contribution in [0.4, 0.5) is 6.01 Å². The van der Waals surface area contributed by atoms with Gasteiger partial charge in [0.25, 0.3) is 0 Å². The molecule has 0 radical (unpaired) electrons. The maximum absolute atomic E-state index is 9.24. The van der Waals surface area contributed by atoms with Crippen LogP contribution in [-0.4, -0.2) is 52.6 Å². The number of nitrogens with zero attached hydrogens (tertiary/aromatic N) is 3. The zero-order valence-electron chi connectivity index (χ0n) is 10.6. The number of morpholine rings is 1. The predicted molar refractivity (Wildman–Crippen MR) is 67.0 cm³/mol. The molecular weight excluding hydrogens is 258 g/mol. The maximum atomic E-state index is 9.24. The zero-order chi connectivity index (χ0) is 13.2. The van der Waals surface area contributed by atoms with Crippen LogP contribution in [0, 0.1) is 0 Å². The minimum atomic E-state index is -0.354. The van der Waals surface area contributed by atoms with Gasteiger partial charge in [0.05, 0.1) is 31.4 Å². The summed E-state index contributed by atoms with van der Waals surface area (Å²) in [5.74, 6) is 0.986. The number of aliphatic hydroxyl groups is 1. The summed E-state index contributed by atoms with van der Waals surface area (Å²) in [5, 5.41) is 17.2. The molecule has 0 aromatic carbocycles. The highest BCUT2D eigenvalue weighted by molar-refractivity contribution is 6.17. The highest BCUT2D eigenvalue weighted by atomic mass is 35.5. The van der Waals surface area contributed by atoms with Crippen molar-refractivity contribution in [3.63, 3.8) is 0 Å². The number of aromatic nitrogens is 2. The number of hydrogen-bond donors (Lipinski definition) is 1. The second kappa shape index (κ2) is 5.42. The molecule has 1 atom stereocenters. The third-order valence-electron chi connectivity index (χ3n) is 2.72. The standard InChI is InChI=1S/C11H18ClN3O3/c1-11(2)7-15(5-8(6-16)18-11)10-14-13-9(17-10)3-4-12/h8,16H,3-7H2,1-2H3. The van der Waals surface area contributed by atoms with Crippen LogP contribution in [0.2, 0.25) is 0 Å². The van der Waals surface area contributed by atoms with Crippen molar-refractivity contribution in [2.75, 3.05) is 30.5 Å². The topological polar surface area (TPSA) is 71.6 Å². The van der Waals surface area contributed by atoms with Crippen LogP contribution < -0.4 is 4.90 Å². The number of anilines is 1. The van der Waals surface area contributed by atoms with E-state index in [1.54, 1.807) is 0 Å². The number of ether oxygens (including phenoxy) is 1. The maximum Gasteiger partial charge on any atom is 0.318 e. The molecule has 1 aromatic heterocycles. The Labute approximate surface area is 111 Å². The van der Waals surface area contributed by atoms with Crippen LogP contribution in [0.15, 0.2) is 4.42 Å². The van der Waals surface area contributed by atoms with Gasteiger partial charge in [-0.15, -0.1) is 16.7 Å². The highest BCUT2D eigenvalue weighted by Crippen LogP contribution is 2.25. The smallest absolute Gasteiger partial charge is 0.318 e. The van der Waals surface area contributed by atoms with E-state index in [0.717, 1.165) is 0 Å². The first-order valence-corrected chi connectivity index (χ1v) is 6.49. The number of aliphatic hydroxyl groups excluding tert-OH is 1. The summed E-state index contributed by atoms with van der Waals surface area (Å²) >= 11 is 5.63. The monoisotopic (exact) mass is 275 g/mol. The normalized spacial score (nSPS) is 23.3. The van der Waals surface area contributed by atoms with Crippen molar-refractivity contribution in [3.8, 4) is 0 Å². The Morgan fingerprint density at radius 3 is 2.94 bits per heavy atom. The number of alkyl halides is 1. The largest absolute Gasteiger partial charge is 0.408 e. The zero-order valence-corrected chi connectivity index (χ0v) is 11.4. The van der Waals surface area contributed by atoms with Gasteiger partial charge in [0.15, 0.2) is 0 Å². The van der Waals surface area contributed by atoms with Gasteiger partial charge in [0.1, 0.15) is 0 Å². The molecule has 1 unspecified atom stereocenters. The number of aryl methyl sites for hydroxylation is 1. The van der Waals surface area contributed by atoms with E-state index in [1.807, 2.05) is 18.7 Å². The Balaban J connectivity index is 2.10. The van der Waals surface area contributed by atoms with Crippen LogP contribution in [-0.2, 0) is 11.2 Å². The van der Waals surface area contributed by atoms with Gasteiger partial charge in [0, 0.05) is 12.3 Å². The summed E-state index contributed by atoms with van der Waals surface area (Å²) < 4.78 is 11.3. The lowest BCUT2D eigenvalue weighted by molar-refractivity contribution is -0.102. The highest BCUT2D eigenvalue weighted by Gasteiger charge is 2.35. The van der Waals surface area contributed by atoms with Gasteiger partial charge in [-0.05, 0) is 13.8 Å². The Bertz CT molecular complexity index is 397. The van der Waals surface area contributed by atoms with Crippen LogP contribution in [0.25, 0.3) is 0 Å². The van der Waals surface area contributed by atoms with Crippen molar-refractivity contribution in [1.82, 2.24) is 10.2 Å². The lowest BCUT2D eigenvalue weighted by Crippen LogP contribution is -2.54. The molecule has 18 heavy (non-hydrogen) atoms. The van der Waals surface area contributed by atoms with Gasteiger partial charge in [0.2, 0.25) is 5.89 Å². The van der Waals surface area contributed by atoms with Crippen LogP contribution in [0.1, 0.15) is 19.7 Å². The summed E-state index contributed by atoms with van der Waals surface area (Å²) in [6.07, 6.45) is 0.322. The number of rotatable bonds is 4. The van der Waals surface area contributed by atoms with E-state index >= 15 is 0 Å². The predicted octanol–water partition coefficient (Wildman–Crippen LogP) is 0.827. The molecule has 1 fully saturated rings. The second-order valence-corrected chi connectivity index (χ2v) is 5.36. The SMILES string of the molecule is CC1(C)CN(c2nnc(CCCl)o2)CC(CO)O1. The van der Waals surface area contributed by atoms with Crippen LogP contribution in [0.5, 0.6) is 0 Å². The minimum absolute atomic E-state index is 0.0252. The average molecular weight is 276 g/mol. The fourth-order valence-corrected chi connectivity index (χ4v) is 2.25. The molecule has 0 amide bonds. The molecule has 1 aliphatic rings. The fraction of sp³-hybridized carbons (Fsp3) is 0.818. The lowest BCUT2D eigenvalue weighted by Gasteiger charge is -2.41. The summed E-state index contributed by atoms with van der Waals surface area (Å²) in [7, 11) is 0. The first-order chi connectivity index (χ1) is 8.54. The van der Waals surface area contributed by atoms with E-state index in [0.29, 0.717) is 37.3 Å². The van der Waals surface area contributed by atoms with Gasteiger partial charge in [-0.1, -0.05) is 5.10 Å². The van der Waals surface area contributed by atoms with E-state index in [9.17, 15) is 5.11 Å². The first kappa shape index (κ1) is 13.6. The summed E-state index contributed by atoms with van der Waals surface area (Å²) in [6.45, 7) is 5.10. The molecule has 2 rings (SSSR count). The molecule has 0 bridgehead atoms. The molecule has 0 aliphatic carbocycles. The lowest BCUT2D eigenvalue weighted by atomic mass is 10.1. The van der Waals surface area contributed by atoms with Gasteiger partial charge >= 0.3 is 6.01 Å². The van der Waals surface area contributed by atoms with Crippen molar-refractivity contribution in [2.24, 2.45) is 0 Å². The third-order valence-corrected chi connectivity index (χ3v) is 2.91. The molecule has 1 aromatic rings. The first-order valence-electron chi connectivity index (χ1n) is 5.96. The Hall–Kier alpha value is -0.850. The van der Waals surface area contributed by atoms with E-state index in [4.69, 9.17) is 20.8 Å². The molecule has 102 valence electrons. The van der Waals surface area contributed by atoms with Crippen molar-refractivity contribution in [3.05, 3.63) is 5.89 Å². The molecule has 2 heterocycles. The van der Waals surface area contributed by atoms with Crippen LogP contribution >= 0.6 is 11.6 Å². The van der Waals surface area contributed by atoms with Crippen molar-refractivity contribution in [1.29, 1.82) is 0 Å². The van der Waals surface area contributed by atoms with E-state index in [1.165, 1.54) is 0 Å². The quantitative estimate of drug-likeness (QED) is 0.821. The minimum Gasteiger partial charge on any atom is -0.408 e. The third kappa shape index (κ3) is 3.13. The van der Waals surface area contributed by atoms with Crippen molar-refractivity contribution in [2.45, 2.75) is 32.0 Å². The molecule has 1 saturated heterocycles. The fourth-order valence-electron chi connectivity index (χ4n) is 2.09. The van der Waals surface area contributed by atoms with Gasteiger partial charge in [-0.3, -0.25) is 0 Å². The summed E-state index contributed by atoms with van der Waals surface area (Å²) in [6, 6.07) is 0.463. The number of halogens is 1. The molecule has 7 heteroatoms. The Morgan fingerprint density at radius 2 is 2.28 bits per heavy atom. The second-order valence-electron chi connectivity index (χ2n) is 4.98. The summed E-state index contributed by atoms with van der Waals surface area (Å²) in [5.41, 5.74) is -0.354. The average Bonchev–Trinajstić information content (AvgIpc) is 2.76. The van der Waals surface area contributed by atoms with Gasteiger partial charge < -0.3 is 19.2 Å². The molecular formula is C11H18ClN3O3. The number of hydrogen-bond acceptors (Lipinski definition) is 6. The molecule has 0 spiro atoms. The molecule has 0 saturated carbocycles. The Morgan fingerprint density at radius 1 is 1.50 bits per heavy atom. The molecule has 1 N–H and O–H groups in total. The van der Waals surface area contributed by atoms with Crippen LogP contribution in [0.3, 0.4) is 0 Å². The van der Waals surface area contributed by atoms with Crippen molar-refractivity contribution < 1.29 is 14.3 Å². The molecule has 1 aliphatic heterocycles. The van der Waals surface area contributed by atoms with E-state index in [2.05, 4.69) is 10.2 Å². The Kier molecular flexibility index (Phi) is 4.09. The van der Waals surface area contributed by atoms with Crippen molar-refractivity contribution >= 4 is 17.6 Å². The molecule has 6 nitrogen and oxygen atoms in total. The van der Waals surface area contributed by atoms with E-state index in [-0.39, 0.29) is 18.3 Å².